The Morgan fingerprint density at radius 1 is 1.33 bits per heavy atom. The van der Waals surface area contributed by atoms with E-state index < -0.39 is 6.10 Å². The van der Waals surface area contributed by atoms with E-state index in [2.05, 4.69) is 6.92 Å². The molecule has 0 saturated heterocycles. The Morgan fingerprint density at radius 3 is 2.33 bits per heavy atom. The molecule has 1 unspecified atom stereocenters. The molecule has 0 aromatic carbocycles. The zero-order valence-corrected chi connectivity index (χ0v) is 8.18. The fraction of sp³-hybridized carbons (Fsp3) is 0.900. The molecule has 0 fully saturated rings. The molecule has 1 N–H and O–H groups in total. The Bertz CT molecular complexity index is 83.8. The molecule has 1 atom stereocenters. The summed E-state index contributed by atoms with van der Waals surface area (Å²) in [6.45, 7) is 4.02. The van der Waals surface area contributed by atoms with Crippen molar-refractivity contribution in [2.45, 2.75) is 52.1 Å². The first-order valence-electron chi connectivity index (χ1n) is 4.83. The maximum absolute atomic E-state index is 11.1. The van der Waals surface area contributed by atoms with Gasteiger partial charge in [-0.25, -0.2) is 5.11 Å². The Morgan fingerprint density at radius 2 is 1.92 bits per heavy atom. The highest BCUT2D eigenvalue weighted by Gasteiger charge is 2.15. The fourth-order valence-electron chi connectivity index (χ4n) is 1.24. The fourth-order valence-corrected chi connectivity index (χ4v) is 1.24. The number of aliphatic hydroxyl groups is 1. The summed E-state index contributed by atoms with van der Waals surface area (Å²) in [7, 11) is 0. The zero-order chi connectivity index (χ0) is 9.40. The standard InChI is InChI=1S/C10H20O2/c1-3-4-6-10(9(2)12)7-5-8-11/h9,11H,3-8H2,1-2H3. The second kappa shape index (κ2) is 7.56. The van der Waals surface area contributed by atoms with E-state index in [9.17, 15) is 5.11 Å². The predicted octanol–water partition coefficient (Wildman–Crippen LogP) is 2.34. The van der Waals surface area contributed by atoms with Crippen molar-refractivity contribution in [2.75, 3.05) is 6.61 Å². The van der Waals surface area contributed by atoms with Gasteiger partial charge < -0.3 is 5.11 Å². The zero-order valence-electron chi connectivity index (χ0n) is 8.18. The lowest BCUT2D eigenvalue weighted by molar-refractivity contribution is 0.106. The van der Waals surface area contributed by atoms with Gasteiger partial charge in [0.05, 0.1) is 6.10 Å². The van der Waals surface area contributed by atoms with Gasteiger partial charge in [-0.05, 0) is 26.2 Å². The second-order valence-corrected chi connectivity index (χ2v) is 3.23. The lowest BCUT2D eigenvalue weighted by atomic mass is 9.92. The van der Waals surface area contributed by atoms with E-state index in [1.165, 1.54) is 0 Å². The lowest BCUT2D eigenvalue weighted by Crippen LogP contribution is -2.13. The minimum Gasteiger partial charge on any atom is -0.396 e. The number of unbranched alkanes of at least 4 members (excludes halogenated alkanes) is 1. The van der Waals surface area contributed by atoms with Crippen LogP contribution in [0.2, 0.25) is 0 Å². The van der Waals surface area contributed by atoms with E-state index in [-0.39, 0.29) is 6.61 Å². The minimum atomic E-state index is -0.553. The third-order valence-corrected chi connectivity index (χ3v) is 2.08. The van der Waals surface area contributed by atoms with Gasteiger partial charge >= 0.3 is 0 Å². The Balaban J connectivity index is 3.55. The van der Waals surface area contributed by atoms with Crippen LogP contribution in [0.25, 0.3) is 0 Å². The van der Waals surface area contributed by atoms with Crippen LogP contribution in [0.1, 0.15) is 46.0 Å². The third-order valence-electron chi connectivity index (χ3n) is 2.08. The maximum atomic E-state index is 11.1. The van der Waals surface area contributed by atoms with Crippen molar-refractivity contribution in [3.05, 3.63) is 5.92 Å². The van der Waals surface area contributed by atoms with Crippen molar-refractivity contribution in [3.63, 3.8) is 0 Å². The van der Waals surface area contributed by atoms with E-state index in [1.807, 2.05) is 0 Å². The van der Waals surface area contributed by atoms with Crippen LogP contribution in [0.4, 0.5) is 0 Å². The second-order valence-electron chi connectivity index (χ2n) is 3.23. The summed E-state index contributed by atoms with van der Waals surface area (Å²) in [6.07, 6.45) is 4.18. The lowest BCUT2D eigenvalue weighted by Gasteiger charge is -2.16. The van der Waals surface area contributed by atoms with Crippen molar-refractivity contribution in [2.24, 2.45) is 0 Å². The molecule has 0 aliphatic heterocycles. The molecule has 0 aromatic rings. The van der Waals surface area contributed by atoms with E-state index in [0.717, 1.165) is 38.0 Å². The van der Waals surface area contributed by atoms with Gasteiger partial charge in [0.25, 0.3) is 0 Å². The Kier molecular flexibility index (Phi) is 7.51. The van der Waals surface area contributed by atoms with Crippen molar-refractivity contribution >= 4 is 0 Å². The molecule has 0 aliphatic rings. The van der Waals surface area contributed by atoms with Gasteiger partial charge in [-0.15, -0.1) is 0 Å². The molecule has 0 bridgehead atoms. The van der Waals surface area contributed by atoms with Crippen LogP contribution in [-0.4, -0.2) is 17.8 Å². The molecule has 2 heteroatoms. The molecule has 0 aromatic heterocycles. The number of hydrogen-bond donors (Lipinski definition) is 1. The summed E-state index contributed by atoms with van der Waals surface area (Å²) < 4.78 is 0. The number of hydrogen-bond acceptors (Lipinski definition) is 1. The van der Waals surface area contributed by atoms with Crippen molar-refractivity contribution in [1.82, 2.24) is 0 Å². The molecule has 0 spiro atoms. The monoisotopic (exact) mass is 172 g/mol. The molecule has 0 rings (SSSR count). The van der Waals surface area contributed by atoms with Gasteiger partial charge in [-0.3, -0.25) is 0 Å². The summed E-state index contributed by atoms with van der Waals surface area (Å²) in [5, 5.41) is 19.7. The highest BCUT2D eigenvalue weighted by Crippen LogP contribution is 2.21. The smallest absolute Gasteiger partial charge is 0.0964 e. The van der Waals surface area contributed by atoms with Crippen molar-refractivity contribution < 1.29 is 10.2 Å². The van der Waals surface area contributed by atoms with Gasteiger partial charge in [-0.2, -0.15) is 0 Å². The largest absolute Gasteiger partial charge is 0.396 e. The third kappa shape index (κ3) is 5.56. The first-order chi connectivity index (χ1) is 5.72. The number of rotatable bonds is 7. The molecule has 0 saturated carbocycles. The van der Waals surface area contributed by atoms with E-state index in [4.69, 9.17) is 5.11 Å². The summed E-state index contributed by atoms with van der Waals surface area (Å²) in [5.41, 5.74) is 0. The van der Waals surface area contributed by atoms with Crippen LogP contribution < -0.4 is 0 Å². The van der Waals surface area contributed by atoms with Gasteiger partial charge in [0.15, 0.2) is 0 Å². The number of aliphatic hydroxyl groups excluding tert-OH is 1. The van der Waals surface area contributed by atoms with Gasteiger partial charge in [-0.1, -0.05) is 19.8 Å². The SMILES string of the molecule is CCCC[C](CCCO)C(C)[O]. The molecular formula is C10H20O2. The minimum absolute atomic E-state index is 0.197. The molecule has 0 heterocycles. The van der Waals surface area contributed by atoms with Crippen LogP contribution in [0.5, 0.6) is 0 Å². The first-order valence-corrected chi connectivity index (χ1v) is 4.83. The summed E-state index contributed by atoms with van der Waals surface area (Å²) in [4.78, 5) is 0. The Hall–Kier alpha value is -0.0800. The van der Waals surface area contributed by atoms with E-state index >= 15 is 0 Å². The highest BCUT2D eigenvalue weighted by atomic mass is 16.3. The topological polar surface area (TPSA) is 40.1 Å². The highest BCUT2D eigenvalue weighted by molar-refractivity contribution is 4.94. The van der Waals surface area contributed by atoms with Crippen LogP contribution in [0.15, 0.2) is 0 Å². The van der Waals surface area contributed by atoms with Gasteiger partial charge in [0.1, 0.15) is 0 Å². The van der Waals surface area contributed by atoms with Gasteiger partial charge in [0, 0.05) is 12.5 Å². The van der Waals surface area contributed by atoms with Crippen molar-refractivity contribution in [3.8, 4) is 0 Å². The summed E-state index contributed by atoms with van der Waals surface area (Å²) in [6, 6.07) is 0. The van der Waals surface area contributed by atoms with Crippen LogP contribution in [-0.2, 0) is 5.11 Å². The molecule has 72 valence electrons. The van der Waals surface area contributed by atoms with Crippen molar-refractivity contribution in [1.29, 1.82) is 0 Å². The van der Waals surface area contributed by atoms with Gasteiger partial charge in [0.2, 0.25) is 0 Å². The first kappa shape index (κ1) is 11.9. The average molecular weight is 172 g/mol. The average Bonchev–Trinajstić information content (AvgIpc) is 2.04. The molecule has 2 nitrogen and oxygen atoms in total. The van der Waals surface area contributed by atoms with Crippen LogP contribution in [0.3, 0.4) is 0 Å². The molecular weight excluding hydrogens is 152 g/mol. The van der Waals surface area contributed by atoms with E-state index in [0.29, 0.717) is 0 Å². The summed E-state index contributed by atoms with van der Waals surface area (Å²) >= 11 is 0. The molecule has 0 amide bonds. The normalized spacial score (nSPS) is 13.8. The predicted molar refractivity (Wildman–Crippen MR) is 49.2 cm³/mol. The molecule has 0 aliphatic carbocycles. The quantitative estimate of drug-likeness (QED) is 0.629. The molecule has 12 heavy (non-hydrogen) atoms. The summed E-state index contributed by atoms with van der Waals surface area (Å²) in [5.74, 6) is 1.07. The molecule has 2 radical (unpaired) electrons. The Labute approximate surface area is 75.6 Å². The van der Waals surface area contributed by atoms with Crippen LogP contribution in [0, 0.1) is 5.92 Å². The van der Waals surface area contributed by atoms with E-state index in [1.54, 1.807) is 6.92 Å². The van der Waals surface area contributed by atoms with Crippen LogP contribution >= 0.6 is 0 Å². The maximum Gasteiger partial charge on any atom is 0.0964 e.